The number of ether oxygens (including phenoxy) is 1. The average Bonchev–Trinajstić information content (AvgIpc) is 3.18. The number of amides is 3. The largest absolute Gasteiger partial charge is 0.495 e. The zero-order chi connectivity index (χ0) is 26.3. The smallest absolute Gasteiger partial charge is 0.247 e. The SMILES string of the molecule is COc1ccc(Cl)cc1NC(=O)[C@H](C)N1C(=O)[C@@H]2[C@@H](C1=O)C1(Cl)c3ccccc3C2(Cl)c2ccccc21. The molecule has 7 rings (SSSR count). The van der Waals surface area contributed by atoms with E-state index in [0.29, 0.717) is 38.7 Å². The fraction of sp³-hybridized carbons (Fsp3) is 0.250. The van der Waals surface area contributed by atoms with Crippen LogP contribution in [0.4, 0.5) is 5.69 Å². The van der Waals surface area contributed by atoms with Crippen molar-refractivity contribution in [3.63, 3.8) is 0 Å². The van der Waals surface area contributed by atoms with Crippen LogP contribution in [0.1, 0.15) is 29.2 Å². The number of nitrogens with one attached hydrogen (secondary N) is 1. The molecule has 0 unspecified atom stereocenters. The van der Waals surface area contributed by atoms with Gasteiger partial charge in [0.05, 0.1) is 24.6 Å². The molecule has 4 aliphatic rings. The van der Waals surface area contributed by atoms with Gasteiger partial charge in [0, 0.05) is 5.02 Å². The molecule has 37 heavy (non-hydrogen) atoms. The molecule has 3 atom stereocenters. The number of carbonyl (C=O) groups is 3. The minimum Gasteiger partial charge on any atom is -0.495 e. The Morgan fingerprint density at radius 1 is 0.892 bits per heavy atom. The summed E-state index contributed by atoms with van der Waals surface area (Å²) in [5, 5.41) is 3.12. The lowest BCUT2D eigenvalue weighted by molar-refractivity contribution is -0.146. The van der Waals surface area contributed by atoms with Gasteiger partial charge >= 0.3 is 0 Å². The number of nitrogens with zero attached hydrogens (tertiary/aromatic N) is 1. The number of methoxy groups -OCH3 is 1. The monoisotopic (exact) mass is 554 g/mol. The molecule has 188 valence electrons. The molecule has 3 amide bonds. The highest BCUT2D eigenvalue weighted by atomic mass is 35.5. The minimum absolute atomic E-state index is 0.325. The number of halogens is 3. The Morgan fingerprint density at radius 2 is 1.35 bits per heavy atom. The first-order chi connectivity index (χ1) is 17.6. The second kappa shape index (κ2) is 8.22. The highest BCUT2D eigenvalue weighted by molar-refractivity contribution is 6.36. The first-order valence-electron chi connectivity index (χ1n) is 11.7. The van der Waals surface area contributed by atoms with Crippen LogP contribution in [-0.2, 0) is 24.1 Å². The second-order valence-electron chi connectivity index (χ2n) is 9.53. The van der Waals surface area contributed by atoms with E-state index in [4.69, 9.17) is 39.5 Å². The lowest BCUT2D eigenvalue weighted by Crippen LogP contribution is -2.57. The molecule has 0 aromatic heterocycles. The molecule has 1 aliphatic heterocycles. The summed E-state index contributed by atoms with van der Waals surface area (Å²) < 4.78 is 5.30. The predicted octanol–water partition coefficient (Wildman–Crippen LogP) is 5.27. The van der Waals surface area contributed by atoms with E-state index >= 15 is 0 Å². The Morgan fingerprint density at radius 3 is 1.78 bits per heavy atom. The lowest BCUT2D eigenvalue weighted by atomic mass is 9.54. The quantitative estimate of drug-likeness (QED) is 0.352. The minimum atomic E-state index is -1.30. The highest BCUT2D eigenvalue weighted by Crippen LogP contribution is 2.69. The Labute approximate surface area is 228 Å². The second-order valence-corrected chi connectivity index (χ2v) is 11.2. The third-order valence-electron chi connectivity index (χ3n) is 7.81. The number of hydrogen-bond donors (Lipinski definition) is 1. The van der Waals surface area contributed by atoms with Gasteiger partial charge in [0.25, 0.3) is 0 Å². The van der Waals surface area contributed by atoms with E-state index in [1.54, 1.807) is 12.1 Å². The molecule has 0 spiro atoms. The molecule has 1 saturated heterocycles. The van der Waals surface area contributed by atoms with E-state index in [1.807, 2.05) is 48.5 Å². The Hall–Kier alpha value is -3.06. The number of anilines is 1. The predicted molar refractivity (Wildman–Crippen MR) is 141 cm³/mol. The summed E-state index contributed by atoms with van der Waals surface area (Å²) in [6.45, 7) is 1.50. The number of imide groups is 1. The van der Waals surface area contributed by atoms with Crippen molar-refractivity contribution >= 4 is 58.2 Å². The first kappa shape index (κ1) is 24.3. The summed E-state index contributed by atoms with van der Waals surface area (Å²) in [5.74, 6) is -3.18. The standard InChI is InChI=1S/C28H21Cl3N2O4/c1-14(24(34)32-20-13-15(29)11-12-21(20)37-2)33-25(35)22-23(26(33)36)28(31)17-8-4-3-7-16(17)27(22,30)18-9-5-6-10-19(18)28/h3-14,22-23H,1-2H3,(H,32,34)/t14-,22-,23-,27?,28?/m0/s1. The summed E-state index contributed by atoms with van der Waals surface area (Å²) in [4.78, 5) is 39.8. The van der Waals surface area contributed by atoms with Gasteiger partial charge in [0.2, 0.25) is 17.7 Å². The van der Waals surface area contributed by atoms with E-state index in [2.05, 4.69) is 5.32 Å². The molecule has 9 heteroatoms. The fourth-order valence-corrected chi connectivity index (χ4v) is 7.47. The van der Waals surface area contributed by atoms with Crippen molar-refractivity contribution in [3.05, 3.63) is 94.0 Å². The van der Waals surface area contributed by atoms with Crippen LogP contribution in [0.3, 0.4) is 0 Å². The molecule has 1 fully saturated rings. The first-order valence-corrected chi connectivity index (χ1v) is 12.9. The van der Waals surface area contributed by atoms with Crippen LogP contribution in [0.2, 0.25) is 5.02 Å². The molecule has 2 bridgehead atoms. The Kier molecular flexibility index (Phi) is 5.40. The van der Waals surface area contributed by atoms with Gasteiger partial charge in [-0.25, -0.2) is 0 Å². The molecule has 6 nitrogen and oxygen atoms in total. The zero-order valence-corrected chi connectivity index (χ0v) is 22.1. The van der Waals surface area contributed by atoms with Crippen LogP contribution in [0, 0.1) is 11.8 Å². The van der Waals surface area contributed by atoms with Crippen LogP contribution in [-0.4, -0.2) is 35.8 Å². The maximum Gasteiger partial charge on any atom is 0.247 e. The maximum atomic E-state index is 14.0. The summed E-state index contributed by atoms with van der Waals surface area (Å²) in [5.41, 5.74) is 3.14. The molecule has 1 N–H and O–H groups in total. The number of hydrogen-bond acceptors (Lipinski definition) is 4. The highest BCUT2D eigenvalue weighted by Gasteiger charge is 2.73. The Bertz CT molecular complexity index is 1380. The van der Waals surface area contributed by atoms with Gasteiger partial charge in [-0.1, -0.05) is 60.1 Å². The van der Waals surface area contributed by atoms with Crippen LogP contribution in [0.5, 0.6) is 5.75 Å². The van der Waals surface area contributed by atoms with E-state index < -0.39 is 45.3 Å². The number of rotatable bonds is 4. The number of benzene rings is 3. The van der Waals surface area contributed by atoms with Gasteiger partial charge in [-0.05, 0) is 47.4 Å². The van der Waals surface area contributed by atoms with Crippen molar-refractivity contribution in [2.45, 2.75) is 22.7 Å². The Balaban J connectivity index is 1.43. The van der Waals surface area contributed by atoms with Gasteiger partial charge < -0.3 is 10.1 Å². The summed E-state index contributed by atoms with van der Waals surface area (Å²) in [6.07, 6.45) is 0. The van der Waals surface area contributed by atoms with Crippen LogP contribution in [0.15, 0.2) is 66.7 Å². The fourth-order valence-electron chi connectivity index (χ4n) is 6.20. The number of carbonyl (C=O) groups excluding carboxylic acids is 3. The molecular formula is C28H21Cl3N2O4. The number of alkyl halides is 2. The van der Waals surface area contributed by atoms with Gasteiger partial charge in [0.1, 0.15) is 21.5 Å². The van der Waals surface area contributed by atoms with E-state index in [9.17, 15) is 14.4 Å². The van der Waals surface area contributed by atoms with Crippen molar-refractivity contribution in [1.29, 1.82) is 0 Å². The van der Waals surface area contributed by atoms with Crippen LogP contribution >= 0.6 is 34.8 Å². The average molecular weight is 556 g/mol. The normalized spacial score (nSPS) is 27.9. The molecule has 1 heterocycles. The van der Waals surface area contributed by atoms with Crippen molar-refractivity contribution in [2.24, 2.45) is 11.8 Å². The zero-order valence-electron chi connectivity index (χ0n) is 19.8. The van der Waals surface area contributed by atoms with Crippen LogP contribution < -0.4 is 10.1 Å². The van der Waals surface area contributed by atoms with E-state index in [-0.39, 0.29) is 0 Å². The molecular weight excluding hydrogens is 535 g/mol. The summed E-state index contributed by atoms with van der Waals surface area (Å²) >= 11 is 21.0. The third kappa shape index (κ3) is 3.03. The topological polar surface area (TPSA) is 75.7 Å². The molecule has 0 saturated carbocycles. The maximum absolute atomic E-state index is 14.0. The molecule has 3 aromatic carbocycles. The van der Waals surface area contributed by atoms with Crippen molar-refractivity contribution in [1.82, 2.24) is 4.90 Å². The van der Waals surface area contributed by atoms with Gasteiger partial charge in [-0.3, -0.25) is 19.3 Å². The summed E-state index contributed by atoms with van der Waals surface area (Å²) in [7, 11) is 1.46. The van der Waals surface area contributed by atoms with Crippen molar-refractivity contribution in [3.8, 4) is 5.75 Å². The van der Waals surface area contributed by atoms with Crippen molar-refractivity contribution < 1.29 is 19.1 Å². The van der Waals surface area contributed by atoms with E-state index in [0.717, 1.165) is 4.90 Å². The van der Waals surface area contributed by atoms with Gasteiger partial charge in [-0.15, -0.1) is 23.2 Å². The molecule has 0 radical (unpaired) electrons. The molecule has 3 aliphatic carbocycles. The van der Waals surface area contributed by atoms with Crippen molar-refractivity contribution in [2.75, 3.05) is 12.4 Å². The lowest BCUT2D eigenvalue weighted by Gasteiger charge is -2.54. The van der Waals surface area contributed by atoms with E-state index in [1.165, 1.54) is 20.1 Å². The summed E-state index contributed by atoms with van der Waals surface area (Å²) in [6, 6.07) is 18.4. The van der Waals surface area contributed by atoms with Gasteiger partial charge in [0.15, 0.2) is 0 Å². The van der Waals surface area contributed by atoms with Crippen LogP contribution in [0.25, 0.3) is 0 Å². The number of likely N-dealkylation sites (tertiary alicyclic amines) is 1. The third-order valence-corrected chi connectivity index (χ3v) is 9.33. The molecule has 3 aromatic rings. The van der Waals surface area contributed by atoms with Gasteiger partial charge in [-0.2, -0.15) is 0 Å².